The molecule has 2 aromatic rings. The zero-order valence-electron chi connectivity index (χ0n) is 6.34. The molecule has 1 aromatic heterocycles. The lowest BCUT2D eigenvalue weighted by Crippen LogP contribution is -1.66. The maximum Gasteiger partial charge on any atom is 0.242 e. The molecule has 1 aromatic carbocycles. The van der Waals surface area contributed by atoms with E-state index < -0.39 is 0 Å². The molecule has 0 atom stereocenters. The molecule has 0 spiro atoms. The predicted octanol–water partition coefficient (Wildman–Crippen LogP) is 4.87. The Bertz CT molecular complexity index is 512. The molecule has 0 saturated heterocycles. The maximum atomic E-state index is 6.88. The van der Waals surface area contributed by atoms with Crippen molar-refractivity contribution < 1.29 is 0 Å². The fourth-order valence-corrected chi connectivity index (χ4v) is 2.90. The van der Waals surface area contributed by atoms with Gasteiger partial charge < -0.3 is 0 Å². The van der Waals surface area contributed by atoms with Gasteiger partial charge in [0, 0.05) is 9.17 Å². The highest BCUT2D eigenvalue weighted by Crippen LogP contribution is 2.38. The normalized spacial score (nSPS) is 10.2. The Kier molecular flexibility index (Phi) is 2.29. The van der Waals surface area contributed by atoms with Crippen LogP contribution in [0, 0.1) is 6.57 Å². The van der Waals surface area contributed by atoms with Crippen LogP contribution < -0.4 is 0 Å². The molecule has 0 unspecified atom stereocenters. The number of halogens is 2. The van der Waals surface area contributed by atoms with E-state index in [-0.39, 0.29) is 0 Å². The van der Waals surface area contributed by atoms with Crippen molar-refractivity contribution in [3.8, 4) is 0 Å². The predicted molar refractivity (Wildman–Crippen MR) is 60.8 cm³/mol. The van der Waals surface area contributed by atoms with Crippen LogP contribution in [0.2, 0.25) is 5.02 Å². The summed E-state index contributed by atoms with van der Waals surface area (Å²) in [6.45, 7) is 6.88. The van der Waals surface area contributed by atoms with E-state index in [1.54, 1.807) is 0 Å². The topological polar surface area (TPSA) is 4.36 Å². The molecule has 0 fully saturated rings. The molecule has 1 nitrogen and oxygen atoms in total. The molecule has 0 N–H and O–H groups in total. The first-order chi connectivity index (χ1) is 6.20. The third kappa shape index (κ3) is 1.58. The van der Waals surface area contributed by atoms with E-state index in [0.29, 0.717) is 10.0 Å². The Hall–Kier alpha value is -0.560. The zero-order valence-corrected chi connectivity index (χ0v) is 9.50. The van der Waals surface area contributed by atoms with Crippen LogP contribution in [0.5, 0.6) is 0 Å². The van der Waals surface area contributed by atoms with E-state index in [1.807, 2.05) is 18.2 Å². The van der Waals surface area contributed by atoms with Crippen molar-refractivity contribution in [3.05, 3.63) is 39.1 Å². The van der Waals surface area contributed by atoms with Crippen LogP contribution in [0.25, 0.3) is 14.9 Å². The summed E-state index contributed by atoms with van der Waals surface area (Å²) in [6, 6.07) is 5.66. The second kappa shape index (κ2) is 3.30. The highest BCUT2D eigenvalue weighted by Gasteiger charge is 2.05. The highest BCUT2D eigenvalue weighted by molar-refractivity contribution is 9.10. The van der Waals surface area contributed by atoms with Crippen LogP contribution in [0.4, 0.5) is 5.00 Å². The minimum absolute atomic E-state index is 0.676. The summed E-state index contributed by atoms with van der Waals surface area (Å²) in [6.07, 6.45) is 0. The Balaban J connectivity index is 2.84. The third-order valence-corrected chi connectivity index (χ3v) is 3.58. The summed E-state index contributed by atoms with van der Waals surface area (Å²) in [5.74, 6) is 0. The molecule has 4 heteroatoms. The van der Waals surface area contributed by atoms with E-state index in [9.17, 15) is 0 Å². The van der Waals surface area contributed by atoms with Gasteiger partial charge in [-0.2, -0.15) is 11.3 Å². The van der Waals surface area contributed by atoms with Gasteiger partial charge in [0.05, 0.1) is 11.6 Å². The average Bonchev–Trinajstić information content (AvgIpc) is 2.47. The first-order valence-corrected chi connectivity index (χ1v) is 5.45. The van der Waals surface area contributed by atoms with E-state index in [1.165, 1.54) is 11.3 Å². The summed E-state index contributed by atoms with van der Waals surface area (Å²) < 4.78 is 1.93. The fourth-order valence-electron chi connectivity index (χ4n) is 1.12. The molecular weight excluding hydrogens is 270 g/mol. The van der Waals surface area contributed by atoms with Crippen molar-refractivity contribution in [3.63, 3.8) is 0 Å². The number of rotatable bonds is 0. The monoisotopic (exact) mass is 271 g/mol. The molecule has 0 aliphatic carbocycles. The average molecular weight is 273 g/mol. The van der Waals surface area contributed by atoms with Gasteiger partial charge in [-0.25, -0.2) is 4.85 Å². The summed E-state index contributed by atoms with van der Waals surface area (Å²) in [4.78, 5) is 3.37. The number of hydrogen-bond acceptors (Lipinski definition) is 1. The lowest BCUT2D eigenvalue weighted by atomic mass is 10.3. The van der Waals surface area contributed by atoms with E-state index in [2.05, 4.69) is 20.8 Å². The van der Waals surface area contributed by atoms with Gasteiger partial charge in [0.15, 0.2) is 0 Å². The van der Waals surface area contributed by atoms with Crippen molar-refractivity contribution in [2.24, 2.45) is 0 Å². The molecule has 1 heterocycles. The van der Waals surface area contributed by atoms with Crippen LogP contribution in [-0.2, 0) is 0 Å². The standard InChI is InChI=1S/C9H3BrClNS/c1-12-8-3-5-2-6(10)4-7(11)9(5)13-8/h2-4H. The minimum atomic E-state index is 0.676. The lowest BCUT2D eigenvalue weighted by Gasteiger charge is -1.94. The third-order valence-electron chi connectivity index (χ3n) is 1.63. The maximum absolute atomic E-state index is 6.88. The van der Waals surface area contributed by atoms with Gasteiger partial charge in [0.1, 0.15) is 0 Å². The van der Waals surface area contributed by atoms with Crippen molar-refractivity contribution in [2.75, 3.05) is 0 Å². The summed E-state index contributed by atoms with van der Waals surface area (Å²) in [5.41, 5.74) is 0. The second-order valence-electron chi connectivity index (χ2n) is 2.50. The molecular formula is C9H3BrClNS. The van der Waals surface area contributed by atoms with Gasteiger partial charge in [-0.1, -0.05) is 27.5 Å². The molecule has 0 aliphatic heterocycles. The van der Waals surface area contributed by atoms with E-state index in [0.717, 1.165) is 14.6 Å². The van der Waals surface area contributed by atoms with Gasteiger partial charge >= 0.3 is 0 Å². The quantitative estimate of drug-likeness (QED) is 0.603. The van der Waals surface area contributed by atoms with Crippen molar-refractivity contribution in [1.82, 2.24) is 0 Å². The molecule has 13 heavy (non-hydrogen) atoms. The smallest absolute Gasteiger partial charge is 0.227 e. The molecule has 0 saturated carbocycles. The molecule has 0 radical (unpaired) electrons. The van der Waals surface area contributed by atoms with Crippen molar-refractivity contribution in [1.29, 1.82) is 0 Å². The molecule has 0 amide bonds. The van der Waals surface area contributed by atoms with Crippen LogP contribution in [-0.4, -0.2) is 0 Å². The Morgan fingerprint density at radius 3 is 2.85 bits per heavy atom. The summed E-state index contributed by atoms with van der Waals surface area (Å²) in [5, 5.41) is 2.40. The molecule has 0 bridgehead atoms. The van der Waals surface area contributed by atoms with Gasteiger partial charge in [0.2, 0.25) is 5.00 Å². The van der Waals surface area contributed by atoms with Crippen molar-refractivity contribution in [2.45, 2.75) is 0 Å². The van der Waals surface area contributed by atoms with E-state index in [4.69, 9.17) is 18.2 Å². The number of benzene rings is 1. The molecule has 64 valence electrons. The molecule has 0 aliphatic rings. The Morgan fingerprint density at radius 2 is 2.15 bits per heavy atom. The summed E-state index contributed by atoms with van der Waals surface area (Å²) in [7, 11) is 0. The van der Waals surface area contributed by atoms with Crippen LogP contribution >= 0.6 is 38.9 Å². The zero-order chi connectivity index (χ0) is 9.42. The Labute approximate surface area is 92.9 Å². The number of hydrogen-bond donors (Lipinski definition) is 0. The minimum Gasteiger partial charge on any atom is -0.227 e. The van der Waals surface area contributed by atoms with E-state index >= 15 is 0 Å². The van der Waals surface area contributed by atoms with Gasteiger partial charge in [-0.05, 0) is 23.6 Å². The van der Waals surface area contributed by atoms with Crippen LogP contribution in [0.15, 0.2) is 22.7 Å². The lowest BCUT2D eigenvalue weighted by molar-refractivity contribution is 1.76. The Morgan fingerprint density at radius 1 is 1.38 bits per heavy atom. The van der Waals surface area contributed by atoms with Gasteiger partial charge in [-0.15, -0.1) is 0 Å². The first-order valence-electron chi connectivity index (χ1n) is 3.47. The first kappa shape index (κ1) is 9.01. The second-order valence-corrected chi connectivity index (χ2v) is 4.86. The largest absolute Gasteiger partial charge is 0.242 e. The van der Waals surface area contributed by atoms with Crippen molar-refractivity contribution >= 4 is 54.0 Å². The summed E-state index contributed by atoms with van der Waals surface area (Å²) >= 11 is 10.8. The number of thiophene rings is 1. The van der Waals surface area contributed by atoms with Gasteiger partial charge in [0.25, 0.3) is 0 Å². The number of fused-ring (bicyclic) bond motifs is 1. The number of nitrogens with zero attached hydrogens (tertiary/aromatic N) is 1. The van der Waals surface area contributed by atoms with Crippen LogP contribution in [0.1, 0.15) is 0 Å². The SMILES string of the molecule is [C-]#[N+]c1cc2cc(Br)cc(Cl)c2s1. The fraction of sp³-hybridized carbons (Fsp3) is 0. The van der Waals surface area contributed by atoms with Gasteiger partial charge in [-0.3, -0.25) is 0 Å². The highest BCUT2D eigenvalue weighted by atomic mass is 79.9. The van der Waals surface area contributed by atoms with Crippen LogP contribution in [0.3, 0.4) is 0 Å². The molecule has 2 rings (SSSR count).